The highest BCUT2D eigenvalue weighted by molar-refractivity contribution is 5.64. The lowest BCUT2D eigenvalue weighted by atomic mass is 10.2. The lowest BCUT2D eigenvalue weighted by molar-refractivity contribution is 0.189. The molecule has 1 amide bonds. The summed E-state index contributed by atoms with van der Waals surface area (Å²) in [5.74, 6) is 0.612. The van der Waals surface area contributed by atoms with Crippen LogP contribution in [0.3, 0.4) is 0 Å². The SMILES string of the molecule is C[C@H](NC(=O)O)C1CC1. The highest BCUT2D eigenvalue weighted by atomic mass is 16.4. The minimum absolute atomic E-state index is 0.155. The number of hydrogen-bond acceptors (Lipinski definition) is 1. The van der Waals surface area contributed by atoms with E-state index < -0.39 is 6.09 Å². The second-order valence-corrected chi connectivity index (χ2v) is 2.58. The number of amides is 1. The van der Waals surface area contributed by atoms with Crippen molar-refractivity contribution in [3.8, 4) is 0 Å². The normalized spacial score (nSPS) is 21.0. The molecule has 0 spiro atoms. The smallest absolute Gasteiger partial charge is 0.404 e. The summed E-state index contributed by atoms with van der Waals surface area (Å²) in [6.07, 6.45) is 1.46. The largest absolute Gasteiger partial charge is 0.465 e. The maximum absolute atomic E-state index is 10.0. The van der Waals surface area contributed by atoms with Crippen molar-refractivity contribution in [1.29, 1.82) is 0 Å². The fourth-order valence-corrected chi connectivity index (χ4v) is 0.909. The Kier molecular flexibility index (Phi) is 1.60. The molecule has 0 bridgehead atoms. The third-order valence-electron chi connectivity index (χ3n) is 1.68. The van der Waals surface area contributed by atoms with Gasteiger partial charge in [-0.2, -0.15) is 0 Å². The minimum Gasteiger partial charge on any atom is -0.465 e. The Hall–Kier alpha value is -0.730. The number of carboxylic acid groups (broad SMARTS) is 1. The molecule has 0 aromatic carbocycles. The van der Waals surface area contributed by atoms with Gasteiger partial charge in [-0.05, 0) is 25.7 Å². The summed E-state index contributed by atoms with van der Waals surface area (Å²) in [5.41, 5.74) is 0. The van der Waals surface area contributed by atoms with Gasteiger partial charge in [0.05, 0.1) is 0 Å². The van der Waals surface area contributed by atoms with E-state index in [1.54, 1.807) is 0 Å². The Labute approximate surface area is 54.1 Å². The van der Waals surface area contributed by atoms with Gasteiger partial charge in [0.1, 0.15) is 0 Å². The third kappa shape index (κ3) is 1.91. The Balaban J connectivity index is 2.17. The molecule has 9 heavy (non-hydrogen) atoms. The molecule has 3 nitrogen and oxygen atoms in total. The summed E-state index contributed by atoms with van der Waals surface area (Å²) in [7, 11) is 0. The molecule has 1 aliphatic carbocycles. The molecule has 0 aromatic rings. The van der Waals surface area contributed by atoms with Crippen LogP contribution in [0.1, 0.15) is 19.8 Å². The summed E-state index contributed by atoms with van der Waals surface area (Å²) in [6, 6.07) is 0.155. The third-order valence-corrected chi connectivity index (χ3v) is 1.68. The van der Waals surface area contributed by atoms with E-state index in [0.717, 1.165) is 0 Å². The van der Waals surface area contributed by atoms with Crippen LogP contribution in [-0.2, 0) is 0 Å². The highest BCUT2D eigenvalue weighted by Gasteiger charge is 2.28. The van der Waals surface area contributed by atoms with Crippen molar-refractivity contribution in [2.45, 2.75) is 25.8 Å². The molecular formula is C6H11NO2. The molecule has 1 saturated carbocycles. The molecule has 0 aromatic heterocycles. The molecular weight excluding hydrogens is 118 g/mol. The number of carbonyl (C=O) groups is 1. The van der Waals surface area contributed by atoms with Crippen molar-refractivity contribution in [3.63, 3.8) is 0 Å². The first kappa shape index (κ1) is 6.39. The molecule has 0 unspecified atom stereocenters. The van der Waals surface area contributed by atoms with Crippen molar-refractivity contribution < 1.29 is 9.90 Å². The molecule has 1 fully saturated rings. The summed E-state index contributed by atoms with van der Waals surface area (Å²) >= 11 is 0. The summed E-state index contributed by atoms with van der Waals surface area (Å²) in [4.78, 5) is 10.0. The Bertz CT molecular complexity index is 120. The molecule has 1 aliphatic rings. The van der Waals surface area contributed by atoms with E-state index >= 15 is 0 Å². The Morgan fingerprint density at radius 1 is 1.78 bits per heavy atom. The predicted molar refractivity (Wildman–Crippen MR) is 33.3 cm³/mol. The maximum atomic E-state index is 10.0. The van der Waals surface area contributed by atoms with Gasteiger partial charge in [-0.1, -0.05) is 0 Å². The van der Waals surface area contributed by atoms with Gasteiger partial charge in [-0.25, -0.2) is 4.79 Å². The van der Waals surface area contributed by atoms with E-state index in [1.807, 2.05) is 6.92 Å². The molecule has 0 heterocycles. The zero-order chi connectivity index (χ0) is 6.85. The van der Waals surface area contributed by atoms with E-state index in [-0.39, 0.29) is 6.04 Å². The van der Waals surface area contributed by atoms with Gasteiger partial charge in [-0.15, -0.1) is 0 Å². The first-order valence-electron chi connectivity index (χ1n) is 3.19. The molecule has 1 rings (SSSR count). The first-order valence-corrected chi connectivity index (χ1v) is 3.19. The van der Waals surface area contributed by atoms with E-state index in [9.17, 15) is 4.79 Å². The highest BCUT2D eigenvalue weighted by Crippen LogP contribution is 2.32. The van der Waals surface area contributed by atoms with Gasteiger partial charge in [0.25, 0.3) is 0 Å². The quantitative estimate of drug-likeness (QED) is 0.585. The van der Waals surface area contributed by atoms with Crippen LogP contribution < -0.4 is 5.32 Å². The molecule has 52 valence electrons. The van der Waals surface area contributed by atoms with Crippen LogP contribution in [-0.4, -0.2) is 17.2 Å². The van der Waals surface area contributed by atoms with Crippen molar-refractivity contribution in [3.05, 3.63) is 0 Å². The van der Waals surface area contributed by atoms with Crippen LogP contribution in [0.2, 0.25) is 0 Å². The first-order chi connectivity index (χ1) is 4.20. The second kappa shape index (κ2) is 2.25. The van der Waals surface area contributed by atoms with E-state index in [4.69, 9.17) is 5.11 Å². The van der Waals surface area contributed by atoms with Crippen LogP contribution in [0.4, 0.5) is 4.79 Å². The topological polar surface area (TPSA) is 49.3 Å². The molecule has 0 aliphatic heterocycles. The van der Waals surface area contributed by atoms with Gasteiger partial charge < -0.3 is 10.4 Å². The van der Waals surface area contributed by atoms with E-state index in [2.05, 4.69) is 5.32 Å². The zero-order valence-corrected chi connectivity index (χ0v) is 5.42. The number of rotatable bonds is 2. The number of nitrogens with one attached hydrogen (secondary N) is 1. The Morgan fingerprint density at radius 2 is 2.33 bits per heavy atom. The molecule has 1 atom stereocenters. The van der Waals surface area contributed by atoms with Crippen molar-refractivity contribution in [2.24, 2.45) is 5.92 Å². The lowest BCUT2D eigenvalue weighted by Gasteiger charge is -2.07. The van der Waals surface area contributed by atoms with Crippen molar-refractivity contribution in [1.82, 2.24) is 5.32 Å². The average Bonchev–Trinajstić information content (AvgIpc) is 2.40. The van der Waals surface area contributed by atoms with E-state index in [0.29, 0.717) is 5.92 Å². The van der Waals surface area contributed by atoms with Gasteiger partial charge in [0.15, 0.2) is 0 Å². The van der Waals surface area contributed by atoms with Gasteiger partial charge in [-0.3, -0.25) is 0 Å². The monoisotopic (exact) mass is 129 g/mol. The number of hydrogen-bond donors (Lipinski definition) is 2. The van der Waals surface area contributed by atoms with Crippen LogP contribution in [0.25, 0.3) is 0 Å². The lowest BCUT2D eigenvalue weighted by Crippen LogP contribution is -2.32. The van der Waals surface area contributed by atoms with Crippen LogP contribution in [0.5, 0.6) is 0 Å². The van der Waals surface area contributed by atoms with Gasteiger partial charge in [0.2, 0.25) is 0 Å². The van der Waals surface area contributed by atoms with Crippen molar-refractivity contribution >= 4 is 6.09 Å². The zero-order valence-electron chi connectivity index (χ0n) is 5.42. The van der Waals surface area contributed by atoms with E-state index in [1.165, 1.54) is 12.8 Å². The second-order valence-electron chi connectivity index (χ2n) is 2.58. The minimum atomic E-state index is -0.908. The fraction of sp³-hybridized carbons (Fsp3) is 0.833. The molecule has 3 heteroatoms. The summed E-state index contributed by atoms with van der Waals surface area (Å²) < 4.78 is 0. The standard InChI is InChI=1S/C6H11NO2/c1-4(5-2-3-5)7-6(8)9/h4-5,7H,2-3H2,1H3,(H,8,9)/t4-/m0/s1. The van der Waals surface area contributed by atoms with Crippen LogP contribution >= 0.6 is 0 Å². The predicted octanol–water partition coefficient (Wildman–Crippen LogP) is 1.05. The van der Waals surface area contributed by atoms with Crippen LogP contribution in [0, 0.1) is 5.92 Å². The summed E-state index contributed by atoms with van der Waals surface area (Å²) in [5, 5.41) is 10.7. The van der Waals surface area contributed by atoms with Crippen LogP contribution in [0.15, 0.2) is 0 Å². The van der Waals surface area contributed by atoms with Crippen molar-refractivity contribution in [2.75, 3.05) is 0 Å². The van der Waals surface area contributed by atoms with Gasteiger partial charge in [0, 0.05) is 6.04 Å². The molecule has 2 N–H and O–H groups in total. The molecule has 0 saturated heterocycles. The summed E-state index contributed by atoms with van der Waals surface area (Å²) in [6.45, 7) is 1.91. The fourth-order valence-electron chi connectivity index (χ4n) is 0.909. The Morgan fingerprint density at radius 3 is 2.67 bits per heavy atom. The molecule has 0 radical (unpaired) electrons. The maximum Gasteiger partial charge on any atom is 0.404 e. The van der Waals surface area contributed by atoms with Gasteiger partial charge >= 0.3 is 6.09 Å². The average molecular weight is 129 g/mol.